The highest BCUT2D eigenvalue weighted by molar-refractivity contribution is 7.99. The first-order valence-corrected chi connectivity index (χ1v) is 8.96. The molecule has 1 N–H and O–H groups in total. The molecule has 6 nitrogen and oxygen atoms in total. The van der Waals surface area contributed by atoms with Crippen LogP contribution in [0.1, 0.15) is 37.3 Å². The summed E-state index contributed by atoms with van der Waals surface area (Å²) in [5.41, 5.74) is 1.71. The fraction of sp³-hybridized carbons (Fsp3) is 0.467. The van der Waals surface area contributed by atoms with Crippen molar-refractivity contribution in [1.29, 1.82) is 0 Å². The van der Waals surface area contributed by atoms with Gasteiger partial charge in [0.25, 0.3) is 0 Å². The molecule has 8 heteroatoms. The maximum absolute atomic E-state index is 12.1. The van der Waals surface area contributed by atoms with Crippen LogP contribution in [-0.2, 0) is 4.79 Å². The molecule has 0 saturated heterocycles. The average molecular weight is 352 g/mol. The lowest BCUT2D eigenvalue weighted by Crippen LogP contribution is -2.16. The van der Waals surface area contributed by atoms with E-state index in [-0.39, 0.29) is 11.7 Å². The number of carbonyl (C=O) groups excluding carboxylic acids is 1. The number of anilines is 1. The molecule has 122 valence electrons. The Bertz CT molecular complexity index is 699. The van der Waals surface area contributed by atoms with E-state index in [1.54, 1.807) is 6.07 Å². The Labute approximate surface area is 144 Å². The van der Waals surface area contributed by atoms with Gasteiger partial charge in [0.15, 0.2) is 0 Å². The quantitative estimate of drug-likeness (QED) is 0.835. The number of nitrogens with zero attached hydrogens (tertiary/aromatic N) is 4. The number of halogens is 1. The average Bonchev–Trinajstić information content (AvgIpc) is 3.18. The molecule has 23 heavy (non-hydrogen) atoms. The van der Waals surface area contributed by atoms with Crippen LogP contribution in [0.25, 0.3) is 0 Å². The monoisotopic (exact) mass is 351 g/mol. The summed E-state index contributed by atoms with van der Waals surface area (Å²) in [5, 5.41) is 16.1. The summed E-state index contributed by atoms with van der Waals surface area (Å²) in [6, 6.07) is 5.76. The molecular weight excluding hydrogens is 334 g/mol. The van der Waals surface area contributed by atoms with Gasteiger partial charge in [-0.05, 0) is 54.0 Å². The van der Waals surface area contributed by atoms with Crippen molar-refractivity contribution in [2.45, 2.75) is 43.8 Å². The van der Waals surface area contributed by atoms with Crippen LogP contribution in [-0.4, -0.2) is 31.9 Å². The van der Waals surface area contributed by atoms with Gasteiger partial charge in [0.1, 0.15) is 0 Å². The number of benzene rings is 1. The van der Waals surface area contributed by atoms with Gasteiger partial charge >= 0.3 is 0 Å². The first-order chi connectivity index (χ1) is 11.1. The van der Waals surface area contributed by atoms with Gasteiger partial charge in [-0.3, -0.25) is 4.79 Å². The number of tetrazole rings is 1. The normalized spacial score (nSPS) is 15.0. The highest BCUT2D eigenvalue weighted by Crippen LogP contribution is 2.31. The zero-order valence-electron chi connectivity index (χ0n) is 12.8. The molecule has 1 fully saturated rings. The minimum absolute atomic E-state index is 0.0820. The second-order valence-corrected chi connectivity index (χ2v) is 7.02. The van der Waals surface area contributed by atoms with Crippen molar-refractivity contribution < 1.29 is 4.79 Å². The first-order valence-electron chi connectivity index (χ1n) is 7.60. The predicted octanol–water partition coefficient (Wildman–Crippen LogP) is 3.48. The third-order valence-corrected chi connectivity index (χ3v) is 5.10. The molecule has 1 amide bonds. The van der Waals surface area contributed by atoms with E-state index in [0.717, 1.165) is 24.1 Å². The molecule has 0 unspecified atom stereocenters. The number of aromatic nitrogens is 4. The Hall–Kier alpha value is -1.60. The highest BCUT2D eigenvalue weighted by atomic mass is 35.5. The van der Waals surface area contributed by atoms with Crippen LogP contribution in [0.4, 0.5) is 5.69 Å². The van der Waals surface area contributed by atoms with Crippen molar-refractivity contribution in [3.05, 3.63) is 28.8 Å². The molecular formula is C15H18ClN5OS. The third kappa shape index (κ3) is 4.03. The molecule has 3 rings (SSSR count). The SMILES string of the molecule is Cc1cc(Cl)ccc1NC(=O)CSc1nnnn1C1CCCC1. The van der Waals surface area contributed by atoms with Gasteiger partial charge in [-0.2, -0.15) is 0 Å². The Balaban J connectivity index is 1.58. The van der Waals surface area contributed by atoms with E-state index >= 15 is 0 Å². The molecule has 0 radical (unpaired) electrons. The van der Waals surface area contributed by atoms with Crippen molar-refractivity contribution >= 4 is 35.0 Å². The van der Waals surface area contributed by atoms with Crippen molar-refractivity contribution in [3.63, 3.8) is 0 Å². The van der Waals surface area contributed by atoms with E-state index in [2.05, 4.69) is 20.8 Å². The second-order valence-electron chi connectivity index (χ2n) is 5.64. The number of nitrogens with one attached hydrogen (secondary N) is 1. The van der Waals surface area contributed by atoms with Crippen molar-refractivity contribution in [2.24, 2.45) is 0 Å². The molecule has 2 aromatic rings. The zero-order chi connectivity index (χ0) is 16.2. The predicted molar refractivity (Wildman–Crippen MR) is 90.9 cm³/mol. The lowest BCUT2D eigenvalue weighted by molar-refractivity contribution is -0.113. The fourth-order valence-corrected chi connectivity index (χ4v) is 3.71. The smallest absolute Gasteiger partial charge is 0.234 e. The van der Waals surface area contributed by atoms with E-state index in [9.17, 15) is 4.79 Å². The second kappa shape index (κ2) is 7.31. The van der Waals surface area contributed by atoms with Crippen LogP contribution in [0.5, 0.6) is 0 Å². The van der Waals surface area contributed by atoms with Crippen LogP contribution in [0, 0.1) is 6.92 Å². The Morgan fingerprint density at radius 2 is 2.22 bits per heavy atom. The number of hydrogen-bond acceptors (Lipinski definition) is 5. The van der Waals surface area contributed by atoms with Gasteiger partial charge in [-0.1, -0.05) is 36.2 Å². The van der Waals surface area contributed by atoms with Gasteiger partial charge in [0.2, 0.25) is 11.1 Å². The molecule has 1 aromatic carbocycles. The highest BCUT2D eigenvalue weighted by Gasteiger charge is 2.22. The molecule has 0 atom stereocenters. The largest absolute Gasteiger partial charge is 0.325 e. The fourth-order valence-electron chi connectivity index (χ4n) is 2.74. The summed E-state index contributed by atoms with van der Waals surface area (Å²) in [7, 11) is 0. The number of rotatable bonds is 5. The van der Waals surface area contributed by atoms with Gasteiger partial charge in [0, 0.05) is 10.7 Å². The van der Waals surface area contributed by atoms with Crippen LogP contribution in [0.3, 0.4) is 0 Å². The number of hydrogen-bond donors (Lipinski definition) is 1. The summed E-state index contributed by atoms with van der Waals surface area (Å²) in [5.74, 6) is 0.191. The van der Waals surface area contributed by atoms with Crippen LogP contribution < -0.4 is 5.32 Å². The van der Waals surface area contributed by atoms with E-state index in [0.29, 0.717) is 16.2 Å². The number of aryl methyl sites for hydroxylation is 1. The summed E-state index contributed by atoms with van der Waals surface area (Å²) in [4.78, 5) is 12.1. The summed E-state index contributed by atoms with van der Waals surface area (Å²) in [6.45, 7) is 1.91. The third-order valence-electron chi connectivity index (χ3n) is 3.93. The Morgan fingerprint density at radius 1 is 1.43 bits per heavy atom. The molecule has 0 bridgehead atoms. The number of carbonyl (C=O) groups is 1. The maximum Gasteiger partial charge on any atom is 0.234 e. The zero-order valence-corrected chi connectivity index (χ0v) is 14.4. The maximum atomic E-state index is 12.1. The van der Waals surface area contributed by atoms with Crippen molar-refractivity contribution in [1.82, 2.24) is 20.2 Å². The Morgan fingerprint density at radius 3 is 2.96 bits per heavy atom. The van der Waals surface area contributed by atoms with E-state index in [1.807, 2.05) is 23.7 Å². The lowest BCUT2D eigenvalue weighted by atomic mass is 10.2. The lowest BCUT2D eigenvalue weighted by Gasteiger charge is -2.11. The van der Waals surface area contributed by atoms with Gasteiger partial charge in [-0.15, -0.1) is 5.10 Å². The summed E-state index contributed by atoms with van der Waals surface area (Å²) in [6.07, 6.45) is 4.64. The van der Waals surface area contributed by atoms with Gasteiger partial charge in [-0.25, -0.2) is 4.68 Å². The van der Waals surface area contributed by atoms with Crippen LogP contribution in [0.15, 0.2) is 23.4 Å². The topological polar surface area (TPSA) is 72.7 Å². The molecule has 1 saturated carbocycles. The molecule has 1 aliphatic carbocycles. The van der Waals surface area contributed by atoms with Crippen molar-refractivity contribution in [2.75, 3.05) is 11.1 Å². The molecule has 1 aliphatic rings. The van der Waals surface area contributed by atoms with Crippen LogP contribution in [0.2, 0.25) is 5.02 Å². The number of thioether (sulfide) groups is 1. The van der Waals surface area contributed by atoms with Gasteiger partial charge in [0.05, 0.1) is 11.8 Å². The van der Waals surface area contributed by atoms with Crippen molar-refractivity contribution in [3.8, 4) is 0 Å². The van der Waals surface area contributed by atoms with Gasteiger partial charge < -0.3 is 5.32 Å². The molecule has 0 aliphatic heterocycles. The standard InChI is InChI=1S/C15H18ClN5OS/c1-10-8-11(16)6-7-13(10)17-14(22)9-23-15-18-19-20-21(15)12-4-2-3-5-12/h6-8,12H,2-5,9H2,1H3,(H,17,22). The number of amides is 1. The minimum Gasteiger partial charge on any atom is -0.325 e. The van der Waals surface area contributed by atoms with Crippen LogP contribution >= 0.6 is 23.4 Å². The summed E-state index contributed by atoms with van der Waals surface area (Å²) < 4.78 is 1.86. The molecule has 0 spiro atoms. The van der Waals surface area contributed by atoms with E-state index < -0.39 is 0 Å². The minimum atomic E-state index is -0.0820. The first kappa shape index (κ1) is 16.3. The Kier molecular flexibility index (Phi) is 5.17. The van der Waals surface area contributed by atoms with E-state index in [4.69, 9.17) is 11.6 Å². The summed E-state index contributed by atoms with van der Waals surface area (Å²) >= 11 is 7.29. The molecule has 1 aromatic heterocycles. The van der Waals surface area contributed by atoms with E-state index in [1.165, 1.54) is 24.6 Å². The molecule has 1 heterocycles.